The number of carbonyl (C=O) groups excluding carboxylic acids is 2. The van der Waals surface area contributed by atoms with Crippen molar-refractivity contribution in [3.63, 3.8) is 0 Å². The Balaban J connectivity index is 1.10. The van der Waals surface area contributed by atoms with Gasteiger partial charge in [0, 0.05) is 31.6 Å². The number of carbonyl (C=O) groups is 2. The lowest BCUT2D eigenvalue weighted by Crippen LogP contribution is -2.38. The van der Waals surface area contributed by atoms with Gasteiger partial charge in [-0.1, -0.05) is 6.07 Å². The second-order valence-electron chi connectivity index (χ2n) is 8.54. The first kappa shape index (κ1) is 22.3. The summed E-state index contributed by atoms with van der Waals surface area (Å²) in [4.78, 5) is 28.4. The molecule has 0 aliphatic carbocycles. The monoisotopic (exact) mass is 467 g/mol. The highest BCUT2D eigenvalue weighted by Crippen LogP contribution is 2.35. The summed E-state index contributed by atoms with van der Waals surface area (Å²) in [6, 6.07) is 11.4. The standard InChI is InChI=1S/C25H29N3O6/c1-31-19-6-3-17-4-8-24(29)27(21(17)14-19)10-2-9-26-15-20-16-28(25(30)34-20)18-5-7-22-23(13-18)33-12-11-32-22/h3,5-7,13-14,20,26H,2,4,8-12,15-16H2,1H3. The van der Waals surface area contributed by atoms with Crippen LogP contribution in [0.15, 0.2) is 36.4 Å². The number of nitrogens with zero attached hydrogens (tertiary/aromatic N) is 2. The maximum atomic E-state index is 12.5. The lowest BCUT2D eigenvalue weighted by Gasteiger charge is -2.30. The Hall–Kier alpha value is -3.46. The van der Waals surface area contributed by atoms with Gasteiger partial charge >= 0.3 is 6.09 Å². The topological polar surface area (TPSA) is 89.6 Å². The predicted octanol–water partition coefficient (Wildman–Crippen LogP) is 2.75. The summed E-state index contributed by atoms with van der Waals surface area (Å²) in [5, 5.41) is 3.36. The van der Waals surface area contributed by atoms with Gasteiger partial charge in [0.25, 0.3) is 0 Å². The van der Waals surface area contributed by atoms with E-state index in [9.17, 15) is 9.59 Å². The van der Waals surface area contributed by atoms with Crippen LogP contribution in [0.2, 0.25) is 0 Å². The van der Waals surface area contributed by atoms with E-state index in [4.69, 9.17) is 18.9 Å². The minimum absolute atomic E-state index is 0.139. The van der Waals surface area contributed by atoms with E-state index >= 15 is 0 Å². The Bertz CT molecular complexity index is 1070. The Morgan fingerprint density at radius 3 is 2.76 bits per heavy atom. The zero-order chi connectivity index (χ0) is 23.5. The van der Waals surface area contributed by atoms with E-state index in [1.54, 1.807) is 12.0 Å². The summed E-state index contributed by atoms with van der Waals surface area (Å²) in [6.45, 7) is 3.36. The quantitative estimate of drug-likeness (QED) is 0.597. The first-order valence-electron chi connectivity index (χ1n) is 11.7. The van der Waals surface area contributed by atoms with Crippen LogP contribution in [0, 0.1) is 0 Å². The normalized spacial score (nSPS) is 19.1. The molecule has 0 bridgehead atoms. The van der Waals surface area contributed by atoms with Crippen LogP contribution < -0.4 is 29.3 Å². The zero-order valence-corrected chi connectivity index (χ0v) is 19.2. The van der Waals surface area contributed by atoms with Gasteiger partial charge in [-0.2, -0.15) is 0 Å². The van der Waals surface area contributed by atoms with Gasteiger partial charge in [-0.05, 0) is 43.1 Å². The molecule has 9 nitrogen and oxygen atoms in total. The largest absolute Gasteiger partial charge is 0.497 e. The second kappa shape index (κ2) is 9.80. The molecule has 2 aromatic carbocycles. The lowest BCUT2D eigenvalue weighted by atomic mass is 10.0. The van der Waals surface area contributed by atoms with Gasteiger partial charge in [0.2, 0.25) is 5.91 Å². The van der Waals surface area contributed by atoms with E-state index < -0.39 is 0 Å². The minimum atomic E-state index is -0.368. The van der Waals surface area contributed by atoms with Crippen LogP contribution in [0.4, 0.5) is 16.2 Å². The lowest BCUT2D eigenvalue weighted by molar-refractivity contribution is -0.118. The first-order valence-corrected chi connectivity index (χ1v) is 11.7. The van der Waals surface area contributed by atoms with Crippen LogP contribution in [0.5, 0.6) is 17.2 Å². The molecule has 3 heterocycles. The number of methoxy groups -OCH3 is 1. The number of hydrogen-bond acceptors (Lipinski definition) is 7. The van der Waals surface area contributed by atoms with Crippen LogP contribution in [-0.4, -0.2) is 64.6 Å². The highest BCUT2D eigenvalue weighted by Gasteiger charge is 2.33. The Kier molecular flexibility index (Phi) is 6.44. The average Bonchev–Trinajstić information content (AvgIpc) is 3.24. The van der Waals surface area contributed by atoms with Crippen molar-refractivity contribution in [2.24, 2.45) is 0 Å². The highest BCUT2D eigenvalue weighted by molar-refractivity contribution is 5.96. The van der Waals surface area contributed by atoms with Crippen molar-refractivity contribution in [1.82, 2.24) is 5.32 Å². The summed E-state index contributed by atoms with van der Waals surface area (Å²) >= 11 is 0. The van der Waals surface area contributed by atoms with Gasteiger partial charge in [0.05, 0.1) is 25.0 Å². The molecule has 2 amide bonds. The zero-order valence-electron chi connectivity index (χ0n) is 19.2. The average molecular weight is 468 g/mol. The van der Waals surface area contributed by atoms with Crippen LogP contribution in [0.3, 0.4) is 0 Å². The SMILES string of the molecule is COc1ccc2c(c1)N(CCCNCC1CN(c3ccc4c(c3)OCCO4)C(=O)O1)C(=O)CC2. The molecule has 1 unspecified atom stereocenters. The Morgan fingerprint density at radius 1 is 1.06 bits per heavy atom. The molecule has 1 fully saturated rings. The van der Waals surface area contributed by atoms with Crippen LogP contribution in [-0.2, 0) is 16.0 Å². The molecule has 0 spiro atoms. The Labute approximate surface area is 198 Å². The Morgan fingerprint density at radius 2 is 1.91 bits per heavy atom. The number of nitrogens with one attached hydrogen (secondary N) is 1. The van der Waals surface area contributed by atoms with Gasteiger partial charge in [0.1, 0.15) is 25.1 Å². The smallest absolute Gasteiger partial charge is 0.414 e. The number of hydrogen-bond donors (Lipinski definition) is 1. The van der Waals surface area contributed by atoms with Crippen LogP contribution >= 0.6 is 0 Å². The van der Waals surface area contributed by atoms with E-state index in [2.05, 4.69) is 5.32 Å². The second-order valence-corrected chi connectivity index (χ2v) is 8.54. The van der Waals surface area contributed by atoms with E-state index in [1.807, 2.05) is 41.3 Å². The summed E-state index contributed by atoms with van der Waals surface area (Å²) in [6.07, 6.45) is 1.46. The summed E-state index contributed by atoms with van der Waals surface area (Å²) < 4.78 is 22.0. The van der Waals surface area contributed by atoms with E-state index in [0.29, 0.717) is 57.3 Å². The van der Waals surface area contributed by atoms with Gasteiger partial charge < -0.3 is 29.2 Å². The third kappa shape index (κ3) is 4.61. The van der Waals surface area contributed by atoms with Gasteiger partial charge in [-0.3, -0.25) is 9.69 Å². The van der Waals surface area contributed by atoms with Crippen molar-refractivity contribution in [1.29, 1.82) is 0 Å². The van der Waals surface area contributed by atoms with Crippen molar-refractivity contribution in [2.45, 2.75) is 25.4 Å². The summed E-state index contributed by atoms with van der Waals surface area (Å²) in [5.74, 6) is 2.22. The highest BCUT2D eigenvalue weighted by atomic mass is 16.6. The number of ether oxygens (including phenoxy) is 4. The number of fused-ring (bicyclic) bond motifs is 2. The van der Waals surface area contributed by atoms with E-state index in [0.717, 1.165) is 30.0 Å². The van der Waals surface area contributed by atoms with Crippen LogP contribution in [0.1, 0.15) is 18.4 Å². The number of rotatable bonds is 8. The van der Waals surface area contributed by atoms with Gasteiger partial charge in [0.15, 0.2) is 11.5 Å². The molecule has 3 aliphatic heterocycles. The fourth-order valence-corrected chi connectivity index (χ4v) is 4.55. The number of cyclic esters (lactones) is 1. The molecule has 3 aliphatic rings. The fraction of sp³-hybridized carbons (Fsp3) is 0.440. The minimum Gasteiger partial charge on any atom is -0.497 e. The molecule has 1 atom stereocenters. The molecule has 0 saturated carbocycles. The molecule has 2 aromatic rings. The summed E-state index contributed by atoms with van der Waals surface area (Å²) in [7, 11) is 1.63. The maximum absolute atomic E-state index is 12.5. The molecule has 1 N–H and O–H groups in total. The van der Waals surface area contributed by atoms with Crippen LogP contribution in [0.25, 0.3) is 0 Å². The molecular weight excluding hydrogens is 438 g/mol. The number of aryl methyl sites for hydroxylation is 1. The molecule has 0 radical (unpaired) electrons. The summed E-state index contributed by atoms with van der Waals surface area (Å²) in [5.41, 5.74) is 2.84. The first-order chi connectivity index (χ1) is 16.6. The van der Waals surface area contributed by atoms with Crippen molar-refractivity contribution in [3.05, 3.63) is 42.0 Å². The van der Waals surface area contributed by atoms with Gasteiger partial charge in [-0.25, -0.2) is 4.79 Å². The number of anilines is 2. The molecule has 34 heavy (non-hydrogen) atoms. The van der Waals surface area contributed by atoms with E-state index in [-0.39, 0.29) is 18.1 Å². The van der Waals surface area contributed by atoms with Crippen molar-refractivity contribution < 1.29 is 28.5 Å². The third-order valence-corrected chi connectivity index (χ3v) is 6.31. The molecular formula is C25H29N3O6. The van der Waals surface area contributed by atoms with E-state index in [1.165, 1.54) is 5.56 Å². The van der Waals surface area contributed by atoms with Crippen molar-refractivity contribution >= 4 is 23.4 Å². The maximum Gasteiger partial charge on any atom is 0.414 e. The predicted molar refractivity (Wildman–Crippen MR) is 126 cm³/mol. The molecule has 0 aromatic heterocycles. The van der Waals surface area contributed by atoms with Crippen molar-refractivity contribution in [3.8, 4) is 17.2 Å². The van der Waals surface area contributed by atoms with Crippen molar-refractivity contribution in [2.75, 3.05) is 56.3 Å². The molecule has 180 valence electrons. The fourth-order valence-electron chi connectivity index (χ4n) is 4.55. The molecule has 9 heteroatoms. The third-order valence-electron chi connectivity index (χ3n) is 6.31. The number of benzene rings is 2. The number of amides is 2. The molecule has 5 rings (SSSR count). The molecule has 1 saturated heterocycles. The van der Waals surface area contributed by atoms with Gasteiger partial charge in [-0.15, -0.1) is 0 Å².